The molecule has 0 unspecified atom stereocenters. The van der Waals surface area contributed by atoms with Crippen molar-refractivity contribution in [2.75, 3.05) is 18.8 Å². The Morgan fingerprint density at radius 1 is 1.37 bits per heavy atom. The standard InChI is InChI=1S/C13H22N4O2/c1-4-15-12(18)5-6-16-13(19)11-7-10(14)8-17(11)9(2)3/h7-9H,4-6,14H2,1-3H3,(H,15,18)(H,16,19). The monoisotopic (exact) mass is 266 g/mol. The van der Waals surface area contributed by atoms with Gasteiger partial charge in [-0.25, -0.2) is 0 Å². The van der Waals surface area contributed by atoms with Crippen LogP contribution >= 0.6 is 0 Å². The maximum Gasteiger partial charge on any atom is 0.268 e. The van der Waals surface area contributed by atoms with Crippen LogP contribution in [0.1, 0.15) is 43.7 Å². The number of rotatable bonds is 6. The quantitative estimate of drug-likeness (QED) is 0.715. The van der Waals surface area contributed by atoms with Crippen molar-refractivity contribution in [2.45, 2.75) is 33.2 Å². The molecule has 0 saturated heterocycles. The summed E-state index contributed by atoms with van der Waals surface area (Å²) in [6, 6.07) is 1.79. The molecule has 0 fully saturated rings. The Morgan fingerprint density at radius 2 is 2.05 bits per heavy atom. The average molecular weight is 266 g/mol. The number of hydrogen-bond donors (Lipinski definition) is 3. The van der Waals surface area contributed by atoms with E-state index in [1.54, 1.807) is 12.3 Å². The third-order valence-electron chi connectivity index (χ3n) is 2.67. The maximum absolute atomic E-state index is 12.0. The van der Waals surface area contributed by atoms with Crippen molar-refractivity contribution in [3.05, 3.63) is 18.0 Å². The number of aromatic nitrogens is 1. The zero-order valence-electron chi connectivity index (χ0n) is 11.7. The van der Waals surface area contributed by atoms with Crippen molar-refractivity contribution in [3.8, 4) is 0 Å². The van der Waals surface area contributed by atoms with Gasteiger partial charge in [0.25, 0.3) is 5.91 Å². The molecule has 0 aromatic carbocycles. The Morgan fingerprint density at radius 3 is 2.63 bits per heavy atom. The summed E-state index contributed by atoms with van der Waals surface area (Å²) < 4.78 is 1.82. The first kappa shape index (κ1) is 15.1. The van der Waals surface area contributed by atoms with Gasteiger partial charge in [0, 0.05) is 31.7 Å². The van der Waals surface area contributed by atoms with Gasteiger partial charge in [-0.2, -0.15) is 0 Å². The molecule has 1 heterocycles. The molecule has 0 aliphatic carbocycles. The van der Waals surface area contributed by atoms with E-state index in [1.807, 2.05) is 25.3 Å². The Balaban J connectivity index is 2.56. The highest BCUT2D eigenvalue weighted by molar-refractivity contribution is 5.94. The summed E-state index contributed by atoms with van der Waals surface area (Å²) in [5.41, 5.74) is 6.78. The van der Waals surface area contributed by atoms with Crippen LogP contribution in [-0.2, 0) is 4.79 Å². The smallest absolute Gasteiger partial charge is 0.268 e. The average Bonchev–Trinajstić information content (AvgIpc) is 2.72. The lowest BCUT2D eigenvalue weighted by atomic mass is 10.3. The predicted octanol–water partition coefficient (Wildman–Crippen LogP) is 0.907. The van der Waals surface area contributed by atoms with Crippen molar-refractivity contribution >= 4 is 17.5 Å². The molecule has 0 radical (unpaired) electrons. The van der Waals surface area contributed by atoms with Crippen molar-refractivity contribution < 1.29 is 9.59 Å². The summed E-state index contributed by atoms with van der Waals surface area (Å²) in [5.74, 6) is -0.281. The van der Waals surface area contributed by atoms with Gasteiger partial charge in [-0.3, -0.25) is 9.59 Å². The molecule has 6 nitrogen and oxygen atoms in total. The molecule has 2 amide bonds. The van der Waals surface area contributed by atoms with Crippen molar-refractivity contribution in [1.82, 2.24) is 15.2 Å². The highest BCUT2D eigenvalue weighted by Gasteiger charge is 2.14. The topological polar surface area (TPSA) is 89.2 Å². The van der Waals surface area contributed by atoms with E-state index in [0.29, 0.717) is 24.5 Å². The number of nitrogens with two attached hydrogens (primary N) is 1. The molecule has 0 atom stereocenters. The van der Waals surface area contributed by atoms with E-state index in [2.05, 4.69) is 10.6 Å². The lowest BCUT2D eigenvalue weighted by Crippen LogP contribution is -2.31. The summed E-state index contributed by atoms with van der Waals surface area (Å²) in [5, 5.41) is 5.40. The van der Waals surface area contributed by atoms with Crippen LogP contribution in [0.5, 0.6) is 0 Å². The van der Waals surface area contributed by atoms with Crippen LogP contribution in [0.4, 0.5) is 5.69 Å². The summed E-state index contributed by atoms with van der Waals surface area (Å²) in [6.45, 7) is 6.72. The zero-order valence-corrected chi connectivity index (χ0v) is 11.7. The van der Waals surface area contributed by atoms with E-state index < -0.39 is 0 Å². The number of anilines is 1. The number of nitrogen functional groups attached to an aromatic ring is 1. The molecule has 4 N–H and O–H groups in total. The van der Waals surface area contributed by atoms with E-state index >= 15 is 0 Å². The third kappa shape index (κ3) is 4.31. The van der Waals surface area contributed by atoms with Gasteiger partial charge in [0.05, 0.1) is 5.69 Å². The maximum atomic E-state index is 12.0. The number of nitrogens with one attached hydrogen (secondary N) is 2. The van der Waals surface area contributed by atoms with Crippen LogP contribution in [0.2, 0.25) is 0 Å². The fraction of sp³-hybridized carbons (Fsp3) is 0.538. The van der Waals surface area contributed by atoms with Gasteiger partial charge in [-0.15, -0.1) is 0 Å². The van der Waals surface area contributed by atoms with E-state index in [9.17, 15) is 9.59 Å². The molecular formula is C13H22N4O2. The Bertz CT molecular complexity index is 451. The van der Waals surface area contributed by atoms with Crippen molar-refractivity contribution in [3.63, 3.8) is 0 Å². The van der Waals surface area contributed by atoms with Gasteiger partial charge in [0.15, 0.2) is 0 Å². The minimum absolute atomic E-state index is 0.0680. The van der Waals surface area contributed by atoms with E-state index in [1.165, 1.54) is 0 Å². The number of hydrogen-bond acceptors (Lipinski definition) is 3. The number of nitrogens with zero attached hydrogens (tertiary/aromatic N) is 1. The normalized spacial score (nSPS) is 10.5. The van der Waals surface area contributed by atoms with Gasteiger partial charge in [0.2, 0.25) is 5.91 Å². The second-order valence-corrected chi connectivity index (χ2v) is 4.62. The zero-order chi connectivity index (χ0) is 14.4. The Kier molecular flexibility index (Phi) is 5.41. The molecule has 19 heavy (non-hydrogen) atoms. The molecule has 1 rings (SSSR count). The van der Waals surface area contributed by atoms with Crippen molar-refractivity contribution in [2.24, 2.45) is 0 Å². The molecule has 0 saturated carbocycles. The van der Waals surface area contributed by atoms with Crippen LogP contribution in [0.3, 0.4) is 0 Å². The molecular weight excluding hydrogens is 244 g/mol. The van der Waals surface area contributed by atoms with Crippen LogP contribution in [0.15, 0.2) is 12.3 Å². The summed E-state index contributed by atoms with van der Waals surface area (Å²) in [4.78, 5) is 23.3. The largest absolute Gasteiger partial charge is 0.397 e. The second kappa shape index (κ2) is 6.82. The lowest BCUT2D eigenvalue weighted by Gasteiger charge is -2.12. The third-order valence-corrected chi connectivity index (χ3v) is 2.67. The first-order chi connectivity index (χ1) is 8.95. The molecule has 6 heteroatoms. The van der Waals surface area contributed by atoms with Crippen molar-refractivity contribution in [1.29, 1.82) is 0 Å². The molecule has 1 aromatic heterocycles. The molecule has 0 spiro atoms. The van der Waals surface area contributed by atoms with Gasteiger partial charge < -0.3 is 20.9 Å². The first-order valence-electron chi connectivity index (χ1n) is 6.48. The predicted molar refractivity (Wildman–Crippen MR) is 74.9 cm³/mol. The van der Waals surface area contributed by atoms with Gasteiger partial charge >= 0.3 is 0 Å². The summed E-state index contributed by atoms with van der Waals surface area (Å²) in [6.07, 6.45) is 2.01. The van der Waals surface area contributed by atoms with Gasteiger partial charge in [0.1, 0.15) is 5.69 Å². The van der Waals surface area contributed by atoms with E-state index in [-0.39, 0.29) is 24.3 Å². The SMILES string of the molecule is CCNC(=O)CCNC(=O)c1cc(N)cn1C(C)C. The second-order valence-electron chi connectivity index (χ2n) is 4.62. The molecule has 106 valence electrons. The van der Waals surface area contributed by atoms with Crippen LogP contribution < -0.4 is 16.4 Å². The molecule has 0 bridgehead atoms. The summed E-state index contributed by atoms with van der Waals surface area (Å²) in [7, 11) is 0. The van der Waals surface area contributed by atoms with Crippen LogP contribution in [0.25, 0.3) is 0 Å². The number of amides is 2. The van der Waals surface area contributed by atoms with E-state index in [0.717, 1.165) is 0 Å². The first-order valence-corrected chi connectivity index (χ1v) is 6.48. The van der Waals surface area contributed by atoms with Crippen LogP contribution in [0, 0.1) is 0 Å². The Labute approximate surface area is 113 Å². The van der Waals surface area contributed by atoms with Gasteiger partial charge in [-0.1, -0.05) is 0 Å². The fourth-order valence-corrected chi connectivity index (χ4v) is 1.78. The Hall–Kier alpha value is -1.98. The number of carbonyl (C=O) groups excluding carboxylic acids is 2. The molecule has 0 aliphatic heterocycles. The van der Waals surface area contributed by atoms with Crippen LogP contribution in [-0.4, -0.2) is 29.5 Å². The van der Waals surface area contributed by atoms with Gasteiger partial charge in [-0.05, 0) is 26.8 Å². The minimum atomic E-state index is -0.213. The minimum Gasteiger partial charge on any atom is -0.397 e. The number of carbonyl (C=O) groups is 2. The lowest BCUT2D eigenvalue weighted by molar-refractivity contribution is -0.120. The molecule has 0 aliphatic rings. The fourth-order valence-electron chi connectivity index (χ4n) is 1.78. The highest BCUT2D eigenvalue weighted by Crippen LogP contribution is 2.16. The summed E-state index contributed by atoms with van der Waals surface area (Å²) >= 11 is 0. The molecule has 1 aromatic rings. The highest BCUT2D eigenvalue weighted by atomic mass is 16.2. The van der Waals surface area contributed by atoms with E-state index in [4.69, 9.17) is 5.73 Å².